The van der Waals surface area contributed by atoms with Crippen LogP contribution in [0.4, 0.5) is 21.6 Å². The number of hydrogen-bond donors (Lipinski definition) is 4. The number of phenols is 1. The van der Waals surface area contributed by atoms with Gasteiger partial charge in [-0.25, -0.2) is 14.4 Å². The van der Waals surface area contributed by atoms with Gasteiger partial charge in [0.1, 0.15) is 28.1 Å². The van der Waals surface area contributed by atoms with E-state index in [1.165, 1.54) is 18.1 Å². The van der Waals surface area contributed by atoms with Crippen LogP contribution in [0.5, 0.6) is 11.5 Å². The van der Waals surface area contributed by atoms with Crippen LogP contribution in [0.25, 0.3) is 22.2 Å². The molecule has 6 rings (SSSR count). The van der Waals surface area contributed by atoms with Crippen molar-refractivity contribution < 1.29 is 47.6 Å². The molecule has 2 aliphatic heterocycles. The van der Waals surface area contributed by atoms with Crippen molar-refractivity contribution in [2.24, 2.45) is 0 Å². The summed E-state index contributed by atoms with van der Waals surface area (Å²) >= 11 is 0. The van der Waals surface area contributed by atoms with Gasteiger partial charge in [0.2, 0.25) is 0 Å². The summed E-state index contributed by atoms with van der Waals surface area (Å²) < 4.78 is 26.6. The van der Waals surface area contributed by atoms with E-state index in [2.05, 4.69) is 25.3 Å². The van der Waals surface area contributed by atoms with Crippen molar-refractivity contribution in [2.45, 2.75) is 64.1 Å². The summed E-state index contributed by atoms with van der Waals surface area (Å²) in [5.74, 6) is 0.200. The molecule has 16 nitrogen and oxygen atoms in total. The monoisotopic (exact) mass is 682 g/mol. The molecular formula is C33H42N6O10. The Labute approximate surface area is 282 Å². The van der Waals surface area contributed by atoms with E-state index in [9.17, 15) is 19.5 Å². The number of oxazole rings is 2. The number of hydrogen-bond acceptors (Lipinski definition) is 13. The molecule has 16 heteroatoms. The van der Waals surface area contributed by atoms with Crippen LogP contribution in [0, 0.1) is 0 Å². The predicted molar refractivity (Wildman–Crippen MR) is 178 cm³/mol. The van der Waals surface area contributed by atoms with E-state index >= 15 is 0 Å². The lowest BCUT2D eigenvalue weighted by atomic mass is 10.1. The van der Waals surface area contributed by atoms with E-state index < -0.39 is 17.7 Å². The second kappa shape index (κ2) is 15.2. The second-order valence-electron chi connectivity index (χ2n) is 12.8. The first-order chi connectivity index (χ1) is 23.3. The number of esters is 1. The zero-order valence-corrected chi connectivity index (χ0v) is 27.9. The number of carboxylic acid groups (broad SMARTS) is 1. The number of likely N-dealkylation sites (tertiary alicyclic amines) is 2. The van der Waals surface area contributed by atoms with Crippen molar-refractivity contribution in [3.63, 3.8) is 0 Å². The number of phenolic OH excluding ortho intramolecular Hbond substituents is 1. The van der Waals surface area contributed by atoms with E-state index in [1.807, 2.05) is 20.8 Å². The van der Waals surface area contributed by atoms with Crippen molar-refractivity contribution >= 4 is 52.4 Å². The molecule has 4 N–H and O–H groups in total. The summed E-state index contributed by atoms with van der Waals surface area (Å²) in [5.41, 5.74) is 1.94. The maximum atomic E-state index is 12.2. The smallest absolute Gasteiger partial charge is 0.410 e. The summed E-state index contributed by atoms with van der Waals surface area (Å²) in [6.45, 7) is 7.65. The first-order valence-corrected chi connectivity index (χ1v) is 16.0. The Hall–Kier alpha value is -5.41. The van der Waals surface area contributed by atoms with Gasteiger partial charge < -0.3 is 53.7 Å². The summed E-state index contributed by atoms with van der Waals surface area (Å²) in [7, 11) is 1.31. The maximum Gasteiger partial charge on any atom is 0.410 e. The minimum Gasteiger partial charge on any atom is -0.508 e. The number of carbonyl (C=O) groups excluding carboxylic acids is 2. The fourth-order valence-corrected chi connectivity index (χ4v) is 5.33. The van der Waals surface area contributed by atoms with Gasteiger partial charge in [-0.05, 0) is 70.7 Å². The number of rotatable bonds is 7. The number of aromatic nitrogens is 2. The Morgan fingerprint density at radius 2 is 1.39 bits per heavy atom. The first-order valence-electron chi connectivity index (χ1n) is 16.0. The Bertz CT molecular complexity index is 1750. The predicted octanol–water partition coefficient (Wildman–Crippen LogP) is 5.28. The number of carbonyl (C=O) groups is 3. The molecule has 0 radical (unpaired) electrons. The molecule has 4 aromatic rings. The van der Waals surface area contributed by atoms with Gasteiger partial charge in [-0.1, -0.05) is 0 Å². The summed E-state index contributed by atoms with van der Waals surface area (Å²) in [5, 5.41) is 24.7. The number of benzene rings is 2. The SMILES string of the molecule is COC(=O)COc1ccc2oc(NC3CCN(C(=O)OC(C)(C)C)CC3)nc2c1.O=C(O)N1CCC(Nc2nc3cc(O)ccc3o2)CC1. The third kappa shape index (κ3) is 9.81. The van der Waals surface area contributed by atoms with Crippen LogP contribution in [-0.2, 0) is 14.3 Å². The van der Waals surface area contributed by atoms with Crippen LogP contribution in [0.15, 0.2) is 45.2 Å². The highest BCUT2D eigenvalue weighted by atomic mass is 16.6. The standard InChI is InChI=1S/C20H27N3O6.C13H15N3O4/c1-20(2,3)29-19(25)23-9-7-13(8-10-23)21-18-22-15-11-14(5-6-16(15)28-18)27-12-17(24)26-4;17-9-1-2-11-10(7-9)15-12(20-11)14-8-3-5-16(6-4-8)13(18)19/h5-6,11,13H,7-10,12H2,1-4H3,(H,21,22);1-2,7-8,17H,3-6H2,(H,14,15)(H,18,19). The van der Waals surface area contributed by atoms with E-state index in [4.69, 9.17) is 23.4 Å². The largest absolute Gasteiger partial charge is 0.508 e. The fourth-order valence-electron chi connectivity index (χ4n) is 5.33. The van der Waals surface area contributed by atoms with E-state index in [-0.39, 0.29) is 30.5 Å². The molecule has 2 aromatic heterocycles. The number of anilines is 2. The summed E-state index contributed by atoms with van der Waals surface area (Å²) in [6, 6.07) is 11.0. The molecule has 2 saturated heterocycles. The average Bonchev–Trinajstić information content (AvgIpc) is 3.65. The van der Waals surface area contributed by atoms with Crippen LogP contribution >= 0.6 is 0 Å². The molecule has 0 aliphatic carbocycles. The molecule has 0 bridgehead atoms. The Morgan fingerprint density at radius 3 is 1.92 bits per heavy atom. The Balaban J connectivity index is 0.000000204. The molecule has 264 valence electrons. The fraction of sp³-hybridized carbons (Fsp3) is 0.485. The molecule has 0 unspecified atom stereocenters. The number of piperidine rings is 2. The third-order valence-corrected chi connectivity index (χ3v) is 7.88. The molecule has 0 saturated carbocycles. The third-order valence-electron chi connectivity index (χ3n) is 7.88. The van der Waals surface area contributed by atoms with Crippen molar-refractivity contribution in [2.75, 3.05) is 50.5 Å². The number of nitrogens with one attached hydrogen (secondary N) is 2. The number of amides is 2. The van der Waals surface area contributed by atoms with Crippen LogP contribution < -0.4 is 15.4 Å². The molecule has 4 heterocycles. The minimum absolute atomic E-state index is 0.145. The number of fused-ring (bicyclic) bond motifs is 2. The zero-order valence-electron chi connectivity index (χ0n) is 27.9. The number of nitrogens with zero attached hydrogens (tertiary/aromatic N) is 4. The van der Waals surface area contributed by atoms with Crippen molar-refractivity contribution in [3.8, 4) is 11.5 Å². The number of aromatic hydroxyl groups is 1. The van der Waals surface area contributed by atoms with Crippen molar-refractivity contribution in [3.05, 3.63) is 36.4 Å². The quantitative estimate of drug-likeness (QED) is 0.183. The lowest BCUT2D eigenvalue weighted by molar-refractivity contribution is -0.142. The van der Waals surface area contributed by atoms with Gasteiger partial charge in [0, 0.05) is 50.4 Å². The van der Waals surface area contributed by atoms with Gasteiger partial charge >= 0.3 is 18.2 Å². The molecule has 2 fully saturated rings. The molecule has 49 heavy (non-hydrogen) atoms. The topological polar surface area (TPSA) is 202 Å². The molecule has 2 amide bonds. The second-order valence-corrected chi connectivity index (χ2v) is 12.8. The molecule has 2 aromatic carbocycles. The van der Waals surface area contributed by atoms with E-state index in [1.54, 1.807) is 35.2 Å². The van der Waals surface area contributed by atoms with Crippen LogP contribution in [-0.4, -0.2) is 106 Å². The van der Waals surface area contributed by atoms with Crippen molar-refractivity contribution in [1.82, 2.24) is 19.8 Å². The highest BCUT2D eigenvalue weighted by molar-refractivity contribution is 5.77. The Morgan fingerprint density at radius 1 is 0.857 bits per heavy atom. The molecule has 0 atom stereocenters. The minimum atomic E-state index is -0.874. The summed E-state index contributed by atoms with van der Waals surface area (Å²) in [4.78, 5) is 46.0. The lowest BCUT2D eigenvalue weighted by Gasteiger charge is -2.33. The Kier molecular flexibility index (Phi) is 10.8. The van der Waals surface area contributed by atoms with Crippen LogP contribution in [0.2, 0.25) is 0 Å². The lowest BCUT2D eigenvalue weighted by Crippen LogP contribution is -2.44. The first kappa shape index (κ1) is 34.9. The van der Waals surface area contributed by atoms with E-state index in [0.29, 0.717) is 66.2 Å². The van der Waals surface area contributed by atoms with Gasteiger partial charge in [-0.3, -0.25) is 0 Å². The van der Waals surface area contributed by atoms with Crippen LogP contribution in [0.1, 0.15) is 46.5 Å². The summed E-state index contributed by atoms with van der Waals surface area (Å²) in [6.07, 6.45) is 1.82. The van der Waals surface area contributed by atoms with Crippen LogP contribution in [0.3, 0.4) is 0 Å². The molecule has 2 aliphatic rings. The van der Waals surface area contributed by atoms with Gasteiger partial charge in [-0.2, -0.15) is 9.97 Å². The van der Waals surface area contributed by atoms with Gasteiger partial charge in [0.05, 0.1) is 7.11 Å². The number of methoxy groups -OCH3 is 1. The van der Waals surface area contributed by atoms with Crippen molar-refractivity contribution in [1.29, 1.82) is 0 Å². The van der Waals surface area contributed by atoms with E-state index in [0.717, 1.165) is 25.7 Å². The van der Waals surface area contributed by atoms with Gasteiger partial charge in [0.15, 0.2) is 17.8 Å². The maximum absolute atomic E-state index is 12.2. The normalized spacial score (nSPS) is 15.8. The molecule has 0 spiro atoms. The van der Waals surface area contributed by atoms with Gasteiger partial charge in [0.25, 0.3) is 12.0 Å². The number of ether oxygens (including phenoxy) is 3. The molecular weight excluding hydrogens is 640 g/mol. The highest BCUT2D eigenvalue weighted by Crippen LogP contribution is 2.27. The average molecular weight is 683 g/mol. The highest BCUT2D eigenvalue weighted by Gasteiger charge is 2.28. The zero-order chi connectivity index (χ0) is 35.1. The van der Waals surface area contributed by atoms with Gasteiger partial charge in [-0.15, -0.1) is 0 Å².